The number of urea groups is 1. The molecule has 0 atom stereocenters. The third-order valence-corrected chi connectivity index (χ3v) is 4.85. The van der Waals surface area contributed by atoms with E-state index in [1.807, 2.05) is 6.92 Å². The molecule has 1 fully saturated rings. The van der Waals surface area contributed by atoms with E-state index in [2.05, 4.69) is 11.9 Å². The van der Waals surface area contributed by atoms with E-state index in [-0.39, 0.29) is 16.3 Å². The van der Waals surface area contributed by atoms with Crippen molar-refractivity contribution in [2.24, 2.45) is 0 Å². The Morgan fingerprint density at radius 1 is 1.19 bits per heavy atom. The summed E-state index contributed by atoms with van der Waals surface area (Å²) in [4.78, 5) is 38.8. The van der Waals surface area contributed by atoms with E-state index < -0.39 is 17.8 Å². The summed E-state index contributed by atoms with van der Waals surface area (Å²) in [6, 6.07) is 8.96. The highest BCUT2D eigenvalue weighted by Crippen LogP contribution is 2.35. The number of nitrogens with zero attached hydrogens (tertiary/aromatic N) is 1. The van der Waals surface area contributed by atoms with Crippen LogP contribution >= 0.6 is 11.6 Å². The first-order valence-electron chi connectivity index (χ1n) is 9.51. The van der Waals surface area contributed by atoms with Crippen LogP contribution in [0.5, 0.6) is 11.5 Å². The van der Waals surface area contributed by atoms with E-state index in [0.29, 0.717) is 30.1 Å². The number of barbiturate groups is 1. The average Bonchev–Trinajstić information content (AvgIpc) is 2.73. The Bertz CT molecular complexity index is 1090. The number of hydrogen-bond acceptors (Lipinski definition) is 5. The van der Waals surface area contributed by atoms with Gasteiger partial charge in [-0.3, -0.25) is 14.9 Å². The minimum Gasteiger partial charge on any atom is -0.493 e. The van der Waals surface area contributed by atoms with Gasteiger partial charge in [-0.25, -0.2) is 9.69 Å². The van der Waals surface area contributed by atoms with Crippen molar-refractivity contribution in [3.63, 3.8) is 0 Å². The minimum atomic E-state index is -0.864. The lowest BCUT2D eigenvalue weighted by molar-refractivity contribution is -0.122. The second-order valence-electron chi connectivity index (χ2n) is 6.55. The quantitative estimate of drug-likeness (QED) is 0.397. The maximum Gasteiger partial charge on any atom is 0.335 e. The molecule has 1 saturated heterocycles. The lowest BCUT2D eigenvalue weighted by Gasteiger charge is -2.27. The summed E-state index contributed by atoms with van der Waals surface area (Å²) < 4.78 is 11.1. The molecule has 7 nitrogen and oxygen atoms in total. The van der Waals surface area contributed by atoms with Gasteiger partial charge in [0.25, 0.3) is 11.8 Å². The summed E-state index contributed by atoms with van der Waals surface area (Å²) in [5.74, 6) is -0.548. The number of benzene rings is 2. The molecule has 0 unspecified atom stereocenters. The molecule has 0 spiro atoms. The van der Waals surface area contributed by atoms with Crippen molar-refractivity contribution < 1.29 is 23.9 Å². The third kappa shape index (κ3) is 4.46. The van der Waals surface area contributed by atoms with Crippen LogP contribution in [-0.2, 0) is 16.0 Å². The van der Waals surface area contributed by atoms with Crippen LogP contribution in [0.1, 0.15) is 18.1 Å². The maximum atomic E-state index is 13.1. The number of rotatable bonds is 7. The van der Waals surface area contributed by atoms with Gasteiger partial charge in [0.1, 0.15) is 5.57 Å². The van der Waals surface area contributed by atoms with Crippen molar-refractivity contribution in [3.05, 3.63) is 70.8 Å². The molecule has 0 saturated carbocycles. The van der Waals surface area contributed by atoms with Gasteiger partial charge in [0.2, 0.25) is 0 Å². The van der Waals surface area contributed by atoms with Crippen LogP contribution in [0, 0.1) is 0 Å². The Morgan fingerprint density at radius 2 is 1.94 bits per heavy atom. The summed E-state index contributed by atoms with van der Waals surface area (Å²) in [5, 5.41) is 2.39. The number of ether oxygens (including phenoxy) is 2. The van der Waals surface area contributed by atoms with Crippen molar-refractivity contribution in [1.82, 2.24) is 5.32 Å². The highest BCUT2D eigenvalue weighted by Gasteiger charge is 2.37. The largest absolute Gasteiger partial charge is 0.493 e. The fourth-order valence-electron chi connectivity index (χ4n) is 3.24. The van der Waals surface area contributed by atoms with Crippen LogP contribution in [0.2, 0.25) is 5.02 Å². The van der Waals surface area contributed by atoms with E-state index in [0.717, 1.165) is 10.5 Å². The van der Waals surface area contributed by atoms with Gasteiger partial charge in [-0.2, -0.15) is 0 Å². The molecule has 160 valence electrons. The van der Waals surface area contributed by atoms with E-state index in [4.69, 9.17) is 21.1 Å². The third-order valence-electron chi connectivity index (χ3n) is 4.53. The van der Waals surface area contributed by atoms with Crippen LogP contribution in [0.4, 0.5) is 10.5 Å². The van der Waals surface area contributed by atoms with Gasteiger partial charge in [-0.15, -0.1) is 6.58 Å². The smallest absolute Gasteiger partial charge is 0.335 e. The molecule has 2 aromatic rings. The molecular formula is C23H21ClN2O5. The van der Waals surface area contributed by atoms with Gasteiger partial charge in [0, 0.05) is 5.56 Å². The molecule has 2 aromatic carbocycles. The predicted octanol–water partition coefficient (Wildman–Crippen LogP) is 4.14. The molecule has 1 aliphatic rings. The van der Waals surface area contributed by atoms with E-state index in [1.54, 1.807) is 36.4 Å². The van der Waals surface area contributed by atoms with E-state index in [1.165, 1.54) is 19.3 Å². The van der Waals surface area contributed by atoms with Gasteiger partial charge >= 0.3 is 6.03 Å². The summed E-state index contributed by atoms with van der Waals surface area (Å²) >= 11 is 6.16. The van der Waals surface area contributed by atoms with Crippen molar-refractivity contribution in [2.45, 2.75) is 13.3 Å². The molecule has 0 aromatic heterocycles. The topological polar surface area (TPSA) is 84.9 Å². The van der Waals surface area contributed by atoms with E-state index in [9.17, 15) is 14.4 Å². The number of methoxy groups -OCH3 is 1. The number of para-hydroxylation sites is 1. The summed E-state index contributed by atoms with van der Waals surface area (Å²) in [7, 11) is 1.54. The molecule has 3 rings (SSSR count). The first-order chi connectivity index (χ1) is 14.9. The molecule has 4 amide bonds. The van der Waals surface area contributed by atoms with Crippen molar-refractivity contribution >= 4 is 41.2 Å². The normalized spacial score (nSPS) is 15.1. The lowest BCUT2D eigenvalue weighted by atomic mass is 10.0. The Balaban J connectivity index is 2.10. The Labute approximate surface area is 184 Å². The van der Waals surface area contributed by atoms with Gasteiger partial charge in [-0.05, 0) is 49.2 Å². The lowest BCUT2D eigenvalue weighted by Crippen LogP contribution is -2.54. The van der Waals surface area contributed by atoms with Crippen molar-refractivity contribution in [1.29, 1.82) is 0 Å². The second-order valence-corrected chi connectivity index (χ2v) is 6.95. The number of carbonyl (C=O) groups excluding carboxylic acids is 3. The number of anilines is 1. The van der Waals surface area contributed by atoms with Crippen LogP contribution in [-0.4, -0.2) is 31.6 Å². The molecule has 0 bridgehead atoms. The summed E-state index contributed by atoms with van der Waals surface area (Å²) in [5.41, 5.74) is 1.28. The van der Waals surface area contributed by atoms with E-state index >= 15 is 0 Å². The first kappa shape index (κ1) is 22.1. The van der Waals surface area contributed by atoms with Gasteiger partial charge in [-0.1, -0.05) is 29.8 Å². The van der Waals surface area contributed by atoms with Gasteiger partial charge < -0.3 is 9.47 Å². The number of nitrogens with one attached hydrogen (secondary N) is 1. The maximum absolute atomic E-state index is 13.1. The zero-order valence-electron chi connectivity index (χ0n) is 17.1. The van der Waals surface area contributed by atoms with Crippen LogP contribution in [0.3, 0.4) is 0 Å². The predicted molar refractivity (Wildman–Crippen MR) is 119 cm³/mol. The zero-order valence-corrected chi connectivity index (χ0v) is 17.9. The molecule has 8 heteroatoms. The number of carbonyl (C=O) groups is 3. The Hall–Kier alpha value is -3.58. The molecule has 1 heterocycles. The standard InChI is InChI=1S/C23H21ClN2O5/c1-4-8-15-11-14(13-19(31-5-2)20(15)30-3)12-16-21(27)25-23(29)26(22(16)28)18-10-7-6-9-17(18)24/h4,6-7,9-13H,1,5,8H2,2-3H3,(H,25,27,29)/b16-12+. The van der Waals surface area contributed by atoms with Crippen molar-refractivity contribution in [2.75, 3.05) is 18.6 Å². The van der Waals surface area contributed by atoms with Gasteiger partial charge in [0.05, 0.1) is 24.4 Å². The molecule has 1 N–H and O–H groups in total. The number of imide groups is 2. The second kappa shape index (κ2) is 9.49. The Morgan fingerprint density at radius 3 is 2.58 bits per heavy atom. The summed E-state index contributed by atoms with van der Waals surface area (Å²) in [6.07, 6.45) is 3.61. The number of halogens is 1. The Kier molecular flexibility index (Phi) is 6.77. The monoisotopic (exact) mass is 440 g/mol. The molecule has 1 aliphatic heterocycles. The highest BCUT2D eigenvalue weighted by atomic mass is 35.5. The van der Waals surface area contributed by atoms with Gasteiger partial charge in [0.15, 0.2) is 11.5 Å². The fourth-order valence-corrected chi connectivity index (χ4v) is 3.46. The number of allylic oxidation sites excluding steroid dienone is 1. The molecule has 0 aliphatic carbocycles. The number of amides is 4. The summed E-state index contributed by atoms with van der Waals surface area (Å²) in [6.45, 7) is 5.99. The molecular weight excluding hydrogens is 420 g/mol. The minimum absolute atomic E-state index is 0.183. The van der Waals surface area contributed by atoms with Crippen LogP contribution < -0.4 is 19.7 Å². The fraction of sp³-hybridized carbons (Fsp3) is 0.174. The zero-order chi connectivity index (χ0) is 22.5. The van der Waals surface area contributed by atoms with Crippen molar-refractivity contribution in [3.8, 4) is 11.5 Å². The SMILES string of the molecule is C=CCc1cc(/C=C2\C(=O)NC(=O)N(c3ccccc3Cl)C2=O)cc(OCC)c1OC. The highest BCUT2D eigenvalue weighted by molar-refractivity contribution is 6.42. The first-order valence-corrected chi connectivity index (χ1v) is 9.89. The average molecular weight is 441 g/mol. The molecule has 31 heavy (non-hydrogen) atoms. The molecule has 0 radical (unpaired) electrons. The number of hydrogen-bond donors (Lipinski definition) is 1. The van der Waals surface area contributed by atoms with Crippen LogP contribution in [0.25, 0.3) is 6.08 Å². The van der Waals surface area contributed by atoms with Crippen LogP contribution in [0.15, 0.2) is 54.6 Å².